The van der Waals surface area contributed by atoms with Gasteiger partial charge in [0.05, 0.1) is 11.7 Å². The van der Waals surface area contributed by atoms with Crippen LogP contribution in [0.2, 0.25) is 0 Å². The van der Waals surface area contributed by atoms with Gasteiger partial charge < -0.3 is 5.73 Å². The zero-order chi connectivity index (χ0) is 8.97. The van der Waals surface area contributed by atoms with Crippen LogP contribution in [0.1, 0.15) is 31.5 Å². The van der Waals surface area contributed by atoms with E-state index in [4.69, 9.17) is 5.73 Å². The van der Waals surface area contributed by atoms with E-state index in [9.17, 15) is 0 Å². The third-order valence-corrected chi connectivity index (χ3v) is 2.16. The van der Waals surface area contributed by atoms with E-state index in [1.165, 1.54) is 11.5 Å². The standard InChI is InChI=1S/C8H13N3S/c1-6(2)3-4-7(9)8-5-12-11-10-8/h5,7H,1,3-4,9H2,2H3. The molecule has 1 rings (SSSR count). The number of hydrogen-bond donors (Lipinski definition) is 1. The van der Waals surface area contributed by atoms with Gasteiger partial charge in [-0.25, -0.2) is 0 Å². The monoisotopic (exact) mass is 183 g/mol. The van der Waals surface area contributed by atoms with Crippen molar-refractivity contribution in [3.05, 3.63) is 23.2 Å². The molecule has 0 aliphatic rings. The molecule has 0 saturated carbocycles. The van der Waals surface area contributed by atoms with Crippen LogP contribution in [0.15, 0.2) is 17.5 Å². The fourth-order valence-corrected chi connectivity index (χ4v) is 1.40. The van der Waals surface area contributed by atoms with Crippen LogP contribution < -0.4 is 5.73 Å². The molecule has 3 nitrogen and oxygen atoms in total. The van der Waals surface area contributed by atoms with Crippen molar-refractivity contribution in [2.45, 2.75) is 25.8 Å². The van der Waals surface area contributed by atoms with Crippen LogP contribution in [0.3, 0.4) is 0 Å². The Kier molecular flexibility index (Phi) is 3.37. The molecule has 0 spiro atoms. The van der Waals surface area contributed by atoms with Gasteiger partial charge in [0.1, 0.15) is 0 Å². The molecule has 1 unspecified atom stereocenters. The predicted molar refractivity (Wildman–Crippen MR) is 50.9 cm³/mol. The summed E-state index contributed by atoms with van der Waals surface area (Å²) in [5.74, 6) is 0. The summed E-state index contributed by atoms with van der Waals surface area (Å²) in [5, 5.41) is 5.80. The van der Waals surface area contributed by atoms with Crippen LogP contribution in [-0.4, -0.2) is 9.59 Å². The van der Waals surface area contributed by atoms with Gasteiger partial charge in [-0.1, -0.05) is 10.1 Å². The highest BCUT2D eigenvalue weighted by Gasteiger charge is 2.07. The number of allylic oxidation sites excluding steroid dienone is 1. The molecule has 12 heavy (non-hydrogen) atoms. The Bertz CT molecular complexity index is 243. The second kappa shape index (κ2) is 4.33. The molecule has 66 valence electrons. The van der Waals surface area contributed by atoms with Gasteiger partial charge in [-0.2, -0.15) is 0 Å². The smallest absolute Gasteiger partial charge is 0.0922 e. The lowest BCUT2D eigenvalue weighted by Gasteiger charge is -2.06. The summed E-state index contributed by atoms with van der Waals surface area (Å²) >= 11 is 1.34. The van der Waals surface area contributed by atoms with Gasteiger partial charge in [0.15, 0.2) is 0 Å². The van der Waals surface area contributed by atoms with Crippen LogP contribution >= 0.6 is 11.5 Å². The van der Waals surface area contributed by atoms with Crippen LogP contribution in [0.4, 0.5) is 0 Å². The number of aromatic nitrogens is 2. The van der Waals surface area contributed by atoms with E-state index in [0.717, 1.165) is 24.1 Å². The minimum absolute atomic E-state index is 0.0143. The van der Waals surface area contributed by atoms with E-state index in [1.807, 2.05) is 12.3 Å². The first-order valence-electron chi connectivity index (χ1n) is 3.87. The summed E-state index contributed by atoms with van der Waals surface area (Å²) in [6.07, 6.45) is 1.86. The topological polar surface area (TPSA) is 51.8 Å². The van der Waals surface area contributed by atoms with Crippen LogP contribution in [0.5, 0.6) is 0 Å². The number of rotatable bonds is 4. The molecule has 0 aromatic carbocycles. The largest absolute Gasteiger partial charge is 0.323 e. The summed E-state index contributed by atoms with van der Waals surface area (Å²) in [6.45, 7) is 5.83. The molecular weight excluding hydrogens is 170 g/mol. The Hall–Kier alpha value is -0.740. The van der Waals surface area contributed by atoms with E-state index in [-0.39, 0.29) is 6.04 Å². The molecule has 2 N–H and O–H groups in total. The van der Waals surface area contributed by atoms with Crippen molar-refractivity contribution in [3.8, 4) is 0 Å². The van der Waals surface area contributed by atoms with Gasteiger partial charge in [-0.3, -0.25) is 0 Å². The second-order valence-corrected chi connectivity index (χ2v) is 3.54. The summed E-state index contributed by atoms with van der Waals surface area (Å²) in [5.41, 5.74) is 7.90. The molecule has 4 heteroatoms. The highest BCUT2D eigenvalue weighted by atomic mass is 32.1. The molecule has 1 atom stereocenters. The van der Waals surface area contributed by atoms with E-state index in [1.54, 1.807) is 0 Å². The van der Waals surface area contributed by atoms with Crippen molar-refractivity contribution in [2.24, 2.45) is 5.73 Å². The van der Waals surface area contributed by atoms with E-state index >= 15 is 0 Å². The summed E-state index contributed by atoms with van der Waals surface area (Å²) in [6, 6.07) is 0.0143. The van der Waals surface area contributed by atoms with Gasteiger partial charge >= 0.3 is 0 Å². The van der Waals surface area contributed by atoms with Crippen molar-refractivity contribution < 1.29 is 0 Å². The van der Waals surface area contributed by atoms with Crippen LogP contribution in [0.25, 0.3) is 0 Å². The average Bonchev–Trinajstić information content (AvgIpc) is 2.51. The van der Waals surface area contributed by atoms with Crippen molar-refractivity contribution in [3.63, 3.8) is 0 Å². The third kappa shape index (κ3) is 2.71. The Labute approximate surface area is 76.5 Å². The van der Waals surface area contributed by atoms with Gasteiger partial charge in [-0.15, -0.1) is 11.7 Å². The molecule has 0 bridgehead atoms. The lowest BCUT2D eigenvalue weighted by Crippen LogP contribution is -2.10. The van der Waals surface area contributed by atoms with E-state index in [2.05, 4.69) is 16.2 Å². The van der Waals surface area contributed by atoms with Crippen molar-refractivity contribution in [2.75, 3.05) is 0 Å². The molecule has 1 heterocycles. The number of nitrogens with zero attached hydrogens (tertiary/aromatic N) is 2. The highest BCUT2D eigenvalue weighted by Crippen LogP contribution is 2.16. The predicted octanol–water partition coefficient (Wildman–Crippen LogP) is 1.89. The fourth-order valence-electron chi connectivity index (χ4n) is 0.883. The summed E-state index contributed by atoms with van der Waals surface area (Å²) in [7, 11) is 0. The van der Waals surface area contributed by atoms with Gasteiger partial charge in [0, 0.05) is 5.38 Å². The SMILES string of the molecule is C=C(C)CCC(N)c1csnn1. The Morgan fingerprint density at radius 2 is 2.58 bits per heavy atom. The maximum Gasteiger partial charge on any atom is 0.0922 e. The first-order valence-corrected chi connectivity index (χ1v) is 4.70. The van der Waals surface area contributed by atoms with Crippen molar-refractivity contribution >= 4 is 11.5 Å². The molecule has 0 fully saturated rings. The molecule has 0 radical (unpaired) electrons. The number of nitrogens with two attached hydrogens (primary N) is 1. The Morgan fingerprint density at radius 1 is 1.83 bits per heavy atom. The molecular formula is C8H13N3S. The summed E-state index contributed by atoms with van der Waals surface area (Å²) < 4.78 is 3.76. The van der Waals surface area contributed by atoms with E-state index < -0.39 is 0 Å². The maximum absolute atomic E-state index is 5.85. The lowest BCUT2D eigenvalue weighted by molar-refractivity contribution is 0.629. The zero-order valence-electron chi connectivity index (χ0n) is 7.16. The van der Waals surface area contributed by atoms with Gasteiger partial charge in [0.25, 0.3) is 0 Å². The summed E-state index contributed by atoms with van der Waals surface area (Å²) in [4.78, 5) is 0. The van der Waals surface area contributed by atoms with Crippen LogP contribution in [-0.2, 0) is 0 Å². The van der Waals surface area contributed by atoms with Gasteiger partial charge in [-0.05, 0) is 31.3 Å². The Balaban J connectivity index is 2.39. The maximum atomic E-state index is 5.85. The first-order chi connectivity index (χ1) is 5.70. The molecule has 0 aliphatic carbocycles. The lowest BCUT2D eigenvalue weighted by atomic mass is 10.1. The highest BCUT2D eigenvalue weighted by molar-refractivity contribution is 7.03. The molecule has 1 aromatic rings. The second-order valence-electron chi connectivity index (χ2n) is 2.93. The Morgan fingerprint density at radius 3 is 3.08 bits per heavy atom. The van der Waals surface area contributed by atoms with E-state index in [0.29, 0.717) is 0 Å². The molecule has 0 amide bonds. The quantitative estimate of drug-likeness (QED) is 0.725. The fraction of sp³-hybridized carbons (Fsp3) is 0.500. The third-order valence-electron chi connectivity index (χ3n) is 1.64. The molecule has 0 aliphatic heterocycles. The van der Waals surface area contributed by atoms with Crippen molar-refractivity contribution in [1.29, 1.82) is 0 Å². The first kappa shape index (κ1) is 9.35. The zero-order valence-corrected chi connectivity index (χ0v) is 7.97. The normalized spacial score (nSPS) is 12.8. The average molecular weight is 183 g/mol. The van der Waals surface area contributed by atoms with Crippen molar-refractivity contribution in [1.82, 2.24) is 9.59 Å². The number of hydrogen-bond acceptors (Lipinski definition) is 4. The minimum Gasteiger partial charge on any atom is -0.323 e. The van der Waals surface area contributed by atoms with Gasteiger partial charge in [0.2, 0.25) is 0 Å². The minimum atomic E-state index is 0.0143. The molecule has 0 saturated heterocycles. The van der Waals surface area contributed by atoms with Crippen LogP contribution in [0, 0.1) is 0 Å². The molecule has 1 aromatic heterocycles.